The molecule has 10 nitrogen and oxygen atoms in total. The lowest BCUT2D eigenvalue weighted by molar-refractivity contribution is -0.138. The predicted molar refractivity (Wildman–Crippen MR) is 152 cm³/mol. The third kappa shape index (κ3) is 5.40. The average molecular weight is 590 g/mol. The maximum absolute atomic E-state index is 13.8. The first kappa shape index (κ1) is 27.2. The van der Waals surface area contributed by atoms with Crippen molar-refractivity contribution >= 4 is 61.6 Å². The minimum Gasteiger partial charge on any atom is -0.480 e. The lowest BCUT2D eigenvalue weighted by atomic mass is 10.2. The summed E-state index contributed by atoms with van der Waals surface area (Å²) in [6, 6.07) is 11.2. The number of fused-ring (bicyclic) bond motifs is 1. The summed E-state index contributed by atoms with van der Waals surface area (Å²) in [7, 11) is -4.35. The first-order valence-corrected chi connectivity index (χ1v) is 14.5. The molecule has 1 atom stereocenters. The fraction of sp³-hybridized carbons (Fsp3) is 0.269. The van der Waals surface area contributed by atoms with Crippen LogP contribution in [0.1, 0.15) is 13.3 Å². The highest BCUT2D eigenvalue weighted by Crippen LogP contribution is 2.33. The van der Waals surface area contributed by atoms with Crippen molar-refractivity contribution in [2.45, 2.75) is 24.3 Å². The molecule has 1 saturated heterocycles. The van der Waals surface area contributed by atoms with Crippen molar-refractivity contribution in [3.8, 4) is 5.95 Å². The molecule has 5 rings (SSSR count). The van der Waals surface area contributed by atoms with Gasteiger partial charge in [0.05, 0.1) is 16.1 Å². The van der Waals surface area contributed by atoms with Crippen LogP contribution in [0.25, 0.3) is 16.9 Å². The van der Waals surface area contributed by atoms with E-state index in [1.807, 2.05) is 16.7 Å². The highest BCUT2D eigenvalue weighted by molar-refractivity contribution is 7.93. The van der Waals surface area contributed by atoms with Gasteiger partial charge in [0.2, 0.25) is 5.95 Å². The Balaban J connectivity index is 1.58. The van der Waals surface area contributed by atoms with Gasteiger partial charge in [0.1, 0.15) is 11.9 Å². The molecule has 0 spiro atoms. The van der Waals surface area contributed by atoms with Gasteiger partial charge in [-0.3, -0.25) is 8.87 Å². The number of benzene rings is 2. The Morgan fingerprint density at radius 1 is 1.10 bits per heavy atom. The van der Waals surface area contributed by atoms with Gasteiger partial charge in [-0.15, -0.1) is 0 Å². The van der Waals surface area contributed by atoms with Crippen molar-refractivity contribution in [2.75, 3.05) is 35.4 Å². The molecule has 0 aliphatic carbocycles. The van der Waals surface area contributed by atoms with Crippen molar-refractivity contribution in [2.24, 2.45) is 0 Å². The molecule has 1 aliphatic heterocycles. The van der Waals surface area contributed by atoms with Crippen molar-refractivity contribution < 1.29 is 18.3 Å². The molecule has 13 heteroatoms. The number of piperazine rings is 1. The van der Waals surface area contributed by atoms with Crippen molar-refractivity contribution in [1.29, 1.82) is 0 Å². The molecular formula is C26H26Cl2N6O4S. The Kier molecular flexibility index (Phi) is 7.68. The molecule has 1 unspecified atom stereocenters. The number of nitrogens with zero attached hydrogens (tertiary/aromatic N) is 5. The number of hydrogen-bond acceptors (Lipinski definition) is 7. The molecule has 0 radical (unpaired) electrons. The molecule has 1 aliphatic rings. The van der Waals surface area contributed by atoms with E-state index in [2.05, 4.69) is 15.2 Å². The quantitative estimate of drug-likeness (QED) is 0.314. The van der Waals surface area contributed by atoms with Gasteiger partial charge in [0.25, 0.3) is 10.0 Å². The second-order valence-electron chi connectivity index (χ2n) is 9.05. The summed E-state index contributed by atoms with van der Waals surface area (Å²) in [6.07, 6.45) is 3.55. The number of carboxylic acids is 1. The second-order valence-corrected chi connectivity index (χ2v) is 11.7. The molecule has 39 heavy (non-hydrogen) atoms. The number of carboxylic acid groups (broad SMARTS) is 1. The van der Waals surface area contributed by atoms with Crippen LogP contribution in [-0.4, -0.2) is 66.2 Å². The summed E-state index contributed by atoms with van der Waals surface area (Å²) < 4.78 is 30.3. The van der Waals surface area contributed by atoms with Crippen LogP contribution < -0.4 is 14.5 Å². The standard InChI is InChI=1S/C26H26Cl2N6O4S/c1-2-22(25(35)36)34(39(37,38)21-15-18(27)14-19(28)16-21)20-3-4-23-17(13-20)6-10-33(23)26-30-7-5-24(31-26)32-11-8-29-9-12-32/h3-7,10,13-16,22,29H,2,8-9,11-12H2,1H3,(H,35,36). The first-order chi connectivity index (χ1) is 18.7. The largest absolute Gasteiger partial charge is 0.480 e. The molecule has 204 valence electrons. The fourth-order valence-electron chi connectivity index (χ4n) is 4.68. The zero-order valence-corrected chi connectivity index (χ0v) is 23.3. The van der Waals surface area contributed by atoms with Gasteiger partial charge >= 0.3 is 5.97 Å². The molecule has 2 aromatic heterocycles. The van der Waals surface area contributed by atoms with E-state index in [1.54, 1.807) is 37.5 Å². The Bertz CT molecular complexity index is 1620. The van der Waals surface area contributed by atoms with Gasteiger partial charge in [-0.25, -0.2) is 18.2 Å². The van der Waals surface area contributed by atoms with Crippen molar-refractivity contribution in [1.82, 2.24) is 19.9 Å². The van der Waals surface area contributed by atoms with Gasteiger partial charge in [-0.2, -0.15) is 4.98 Å². The van der Waals surface area contributed by atoms with E-state index in [1.165, 1.54) is 18.2 Å². The van der Waals surface area contributed by atoms with Gasteiger partial charge in [-0.1, -0.05) is 30.1 Å². The normalized spacial score (nSPS) is 14.9. The maximum Gasteiger partial charge on any atom is 0.327 e. The Morgan fingerprint density at radius 2 is 1.82 bits per heavy atom. The molecule has 0 bridgehead atoms. The Labute approximate surface area is 235 Å². The van der Waals surface area contributed by atoms with E-state index in [0.29, 0.717) is 11.3 Å². The monoisotopic (exact) mass is 588 g/mol. The lowest BCUT2D eigenvalue weighted by Gasteiger charge is -2.30. The van der Waals surface area contributed by atoms with Crippen LogP contribution in [0.15, 0.2) is 65.8 Å². The van der Waals surface area contributed by atoms with Crippen LogP contribution in [0.4, 0.5) is 11.5 Å². The number of aromatic nitrogens is 3. The van der Waals surface area contributed by atoms with Crippen LogP contribution in [-0.2, 0) is 14.8 Å². The third-order valence-electron chi connectivity index (χ3n) is 6.56. The summed E-state index contributed by atoms with van der Waals surface area (Å²) in [5, 5.41) is 14.2. The van der Waals surface area contributed by atoms with Gasteiger partial charge in [-0.05, 0) is 55.0 Å². The number of halogens is 2. The van der Waals surface area contributed by atoms with Crippen LogP contribution in [0, 0.1) is 0 Å². The van der Waals surface area contributed by atoms with E-state index in [9.17, 15) is 18.3 Å². The molecule has 1 fully saturated rings. The number of carbonyl (C=O) groups is 1. The molecule has 0 amide bonds. The molecule has 2 N–H and O–H groups in total. The Morgan fingerprint density at radius 3 is 2.49 bits per heavy atom. The van der Waals surface area contributed by atoms with Crippen LogP contribution in [0.2, 0.25) is 10.0 Å². The van der Waals surface area contributed by atoms with Crippen LogP contribution in [0.5, 0.6) is 0 Å². The number of rotatable bonds is 8. The summed E-state index contributed by atoms with van der Waals surface area (Å²) in [4.78, 5) is 23.4. The van der Waals surface area contributed by atoms with E-state index >= 15 is 0 Å². The number of sulfonamides is 1. The smallest absolute Gasteiger partial charge is 0.327 e. The van der Waals surface area contributed by atoms with Gasteiger partial charge in [0.15, 0.2) is 0 Å². The highest BCUT2D eigenvalue weighted by atomic mass is 35.5. The molecule has 4 aromatic rings. The average Bonchev–Trinajstić information content (AvgIpc) is 3.34. The lowest BCUT2D eigenvalue weighted by Crippen LogP contribution is -2.45. The molecular weight excluding hydrogens is 563 g/mol. The zero-order valence-electron chi connectivity index (χ0n) is 21.0. The second kappa shape index (κ2) is 11.0. The summed E-state index contributed by atoms with van der Waals surface area (Å²) in [5.41, 5.74) is 0.934. The Hall–Kier alpha value is -3.38. The van der Waals surface area contributed by atoms with Crippen molar-refractivity contribution in [3.63, 3.8) is 0 Å². The van der Waals surface area contributed by atoms with E-state index in [4.69, 9.17) is 28.2 Å². The summed E-state index contributed by atoms with van der Waals surface area (Å²) >= 11 is 12.2. The topological polar surface area (TPSA) is 121 Å². The van der Waals surface area contributed by atoms with Crippen LogP contribution in [0.3, 0.4) is 0 Å². The highest BCUT2D eigenvalue weighted by Gasteiger charge is 2.36. The number of nitrogens with one attached hydrogen (secondary N) is 1. The predicted octanol–water partition coefficient (Wildman–Crippen LogP) is 4.20. The molecule has 0 saturated carbocycles. The van der Waals surface area contributed by atoms with E-state index in [0.717, 1.165) is 41.8 Å². The number of anilines is 2. The maximum atomic E-state index is 13.8. The number of hydrogen-bond donors (Lipinski definition) is 2. The number of aliphatic carboxylic acids is 1. The van der Waals surface area contributed by atoms with E-state index < -0.39 is 22.0 Å². The zero-order chi connectivity index (χ0) is 27.7. The van der Waals surface area contributed by atoms with E-state index in [-0.39, 0.29) is 27.0 Å². The molecule has 2 aromatic carbocycles. The van der Waals surface area contributed by atoms with Crippen molar-refractivity contribution in [3.05, 3.63) is 71.0 Å². The fourth-order valence-corrected chi connectivity index (χ4v) is 7.08. The SMILES string of the molecule is CCC(C(=O)O)N(c1ccc2c(ccn2-c2nccc(N3CCNCC3)n2)c1)S(=O)(=O)c1cc(Cl)cc(Cl)c1. The van der Waals surface area contributed by atoms with Crippen LogP contribution >= 0.6 is 23.2 Å². The summed E-state index contributed by atoms with van der Waals surface area (Å²) in [6.45, 7) is 5.06. The molecule has 3 heterocycles. The minimum atomic E-state index is -4.35. The third-order valence-corrected chi connectivity index (χ3v) is 8.81. The first-order valence-electron chi connectivity index (χ1n) is 12.3. The minimum absolute atomic E-state index is 0.0363. The van der Waals surface area contributed by atoms with Gasteiger partial charge < -0.3 is 15.3 Å². The van der Waals surface area contributed by atoms with Gasteiger partial charge in [0, 0.05) is 54.0 Å². The summed E-state index contributed by atoms with van der Waals surface area (Å²) in [5.74, 6) is 0.0264.